The van der Waals surface area contributed by atoms with Crippen LogP contribution in [-0.4, -0.2) is 136 Å². The second-order valence-corrected chi connectivity index (χ2v) is 17.8. The molecule has 8 atom stereocenters. The highest BCUT2D eigenvalue weighted by atomic mass is 35.5. The third-order valence-electron chi connectivity index (χ3n) is 12.5. The topological polar surface area (TPSA) is 181 Å². The van der Waals surface area contributed by atoms with E-state index >= 15 is 0 Å². The van der Waals surface area contributed by atoms with Gasteiger partial charge < -0.3 is 53.5 Å². The van der Waals surface area contributed by atoms with Crippen molar-refractivity contribution in [1.82, 2.24) is 10.2 Å². The maximum absolute atomic E-state index is 14.4. The van der Waals surface area contributed by atoms with E-state index in [-0.39, 0.29) is 23.9 Å². The third kappa shape index (κ3) is 10.4. The molecule has 0 aromatic heterocycles. The number of methoxy groups -OCH3 is 2. The van der Waals surface area contributed by atoms with Crippen LogP contribution in [0.1, 0.15) is 70.3 Å². The highest BCUT2D eigenvalue weighted by Crippen LogP contribution is 2.49. The van der Waals surface area contributed by atoms with E-state index < -0.39 is 71.6 Å². The van der Waals surface area contributed by atoms with Gasteiger partial charge in [-0.25, -0.2) is 9.59 Å². The number of likely N-dealkylation sites (N-methyl/N-ethyl adjacent to an activating group) is 1. The zero-order valence-corrected chi connectivity index (χ0v) is 38.6. The predicted molar refractivity (Wildman–Crippen MR) is 239 cm³/mol. The molecule has 0 unspecified atom stereocenters. The van der Waals surface area contributed by atoms with Gasteiger partial charge in [-0.05, 0) is 76.9 Å². The molecule has 16 nitrogen and oxygen atoms in total. The number of fused-ring (bicyclic) bond motifs is 5. The van der Waals surface area contributed by atoms with Gasteiger partial charge in [-0.3, -0.25) is 14.9 Å². The number of nitrogens with zero attached hydrogens (tertiary/aromatic N) is 3. The Kier molecular flexibility index (Phi) is 14.7. The molecule has 6 rings (SSSR count). The average molecular weight is 896 g/mol. The molecule has 0 radical (unpaired) electrons. The summed E-state index contributed by atoms with van der Waals surface area (Å²) < 4.78 is 35.2. The highest BCUT2D eigenvalue weighted by Gasteiger charge is 2.64. The van der Waals surface area contributed by atoms with Crippen molar-refractivity contribution in [1.29, 1.82) is 0 Å². The molecule has 0 spiro atoms. The first-order chi connectivity index (χ1) is 29.8. The highest BCUT2D eigenvalue weighted by molar-refractivity contribution is 6.35. The maximum Gasteiger partial charge on any atom is 0.409 e. The number of carbonyl (C=O) groups excluding carboxylic acids is 4. The Morgan fingerprint density at radius 1 is 1.10 bits per heavy atom. The number of anilines is 3. The lowest BCUT2D eigenvalue weighted by Gasteiger charge is -2.42. The molecule has 344 valence electrons. The van der Waals surface area contributed by atoms with E-state index in [9.17, 15) is 24.3 Å². The molecule has 17 heteroatoms. The molecule has 4 aliphatic heterocycles. The van der Waals surface area contributed by atoms with Crippen molar-refractivity contribution in [2.75, 3.05) is 69.7 Å². The number of hydrogen-bond donors (Lipinski definition) is 3. The minimum Gasteiger partial charge on any atom is -0.495 e. The van der Waals surface area contributed by atoms with Crippen molar-refractivity contribution in [3.63, 3.8) is 0 Å². The molecular formula is C46H62ClN5O11. The van der Waals surface area contributed by atoms with Gasteiger partial charge in [0.05, 0.1) is 49.9 Å². The smallest absolute Gasteiger partial charge is 0.409 e. The molecule has 63 heavy (non-hydrogen) atoms. The number of epoxide rings is 1. The van der Waals surface area contributed by atoms with Crippen LogP contribution < -0.4 is 25.2 Å². The van der Waals surface area contributed by atoms with Gasteiger partial charge in [-0.15, -0.1) is 0 Å². The number of halogens is 1. The van der Waals surface area contributed by atoms with Crippen LogP contribution in [0.2, 0.25) is 5.02 Å². The van der Waals surface area contributed by atoms with E-state index in [1.165, 1.54) is 31.1 Å². The Hall–Kier alpha value is -4.87. The van der Waals surface area contributed by atoms with Gasteiger partial charge in [0.25, 0.3) is 5.91 Å². The molecular weight excluding hydrogens is 834 g/mol. The lowest BCUT2D eigenvalue weighted by Crippen LogP contribution is -2.63. The summed E-state index contributed by atoms with van der Waals surface area (Å²) in [6, 6.07) is 8.08. The number of aliphatic hydroxyl groups is 1. The van der Waals surface area contributed by atoms with Crippen molar-refractivity contribution in [2.24, 2.45) is 5.92 Å². The summed E-state index contributed by atoms with van der Waals surface area (Å²) >= 11 is 6.83. The van der Waals surface area contributed by atoms with Gasteiger partial charge in [0.15, 0.2) is 5.72 Å². The van der Waals surface area contributed by atoms with Crippen LogP contribution in [0.25, 0.3) is 0 Å². The van der Waals surface area contributed by atoms with E-state index in [0.717, 1.165) is 22.5 Å². The summed E-state index contributed by atoms with van der Waals surface area (Å²) in [7, 11) is 6.04. The first-order valence-electron chi connectivity index (χ1n) is 21.4. The molecule has 4 bridgehead atoms. The molecule has 3 fully saturated rings. The van der Waals surface area contributed by atoms with E-state index in [1.54, 1.807) is 58.2 Å². The molecule has 4 heterocycles. The number of amides is 3. The fraction of sp³-hybridized carbons (Fsp3) is 0.565. The molecule has 3 N–H and O–H groups in total. The van der Waals surface area contributed by atoms with E-state index in [4.69, 9.17) is 40.0 Å². The lowest BCUT2D eigenvalue weighted by atomic mass is 9.83. The quantitative estimate of drug-likeness (QED) is 0.213. The average Bonchev–Trinajstić information content (AvgIpc) is 3.95. The normalized spacial score (nSPS) is 29.6. The van der Waals surface area contributed by atoms with Gasteiger partial charge in [0.1, 0.15) is 40.7 Å². The Labute approximate surface area is 374 Å². The van der Waals surface area contributed by atoms with Gasteiger partial charge in [-0.2, -0.15) is 0 Å². The van der Waals surface area contributed by atoms with Crippen LogP contribution in [0, 0.1) is 5.92 Å². The van der Waals surface area contributed by atoms with Crippen LogP contribution >= 0.6 is 11.6 Å². The first-order valence-corrected chi connectivity index (χ1v) is 21.8. The number of rotatable bonds is 9. The summed E-state index contributed by atoms with van der Waals surface area (Å²) in [5.74, 6) is -1.81. The largest absolute Gasteiger partial charge is 0.495 e. The number of nitrogens with one attached hydrogen (secondary N) is 2. The Bertz CT molecular complexity index is 2110. The Morgan fingerprint density at radius 3 is 2.48 bits per heavy atom. The predicted octanol–water partition coefficient (Wildman–Crippen LogP) is 5.49. The fourth-order valence-corrected chi connectivity index (χ4v) is 8.86. The molecule has 2 aromatic rings. The second kappa shape index (κ2) is 19.5. The number of alkyl carbamates (subject to hydrolysis) is 1. The van der Waals surface area contributed by atoms with Crippen LogP contribution in [0.3, 0.4) is 0 Å². The number of esters is 1. The van der Waals surface area contributed by atoms with Gasteiger partial charge in [0.2, 0.25) is 5.91 Å². The summed E-state index contributed by atoms with van der Waals surface area (Å²) in [5, 5.41) is 18.1. The van der Waals surface area contributed by atoms with Gasteiger partial charge >= 0.3 is 12.1 Å². The minimum atomic E-state index is -1.85. The second-order valence-electron chi connectivity index (χ2n) is 17.4. The third-order valence-corrected chi connectivity index (χ3v) is 12.9. The van der Waals surface area contributed by atoms with E-state index in [0.29, 0.717) is 49.7 Å². The summed E-state index contributed by atoms with van der Waals surface area (Å²) in [6.45, 7) is 13.5. The van der Waals surface area contributed by atoms with Crippen LogP contribution in [0.5, 0.6) is 5.75 Å². The number of hydrogen-bond acceptors (Lipinski definition) is 13. The van der Waals surface area contributed by atoms with Crippen LogP contribution in [-0.2, 0) is 39.7 Å². The number of benzene rings is 2. The molecule has 4 aliphatic rings. The summed E-state index contributed by atoms with van der Waals surface area (Å²) in [5.41, 5.74) is 1.12. The monoisotopic (exact) mass is 895 g/mol. The Morgan fingerprint density at radius 2 is 1.81 bits per heavy atom. The van der Waals surface area contributed by atoms with E-state index in [1.807, 2.05) is 39.0 Å². The fourth-order valence-electron chi connectivity index (χ4n) is 8.55. The first kappa shape index (κ1) is 47.6. The zero-order valence-electron chi connectivity index (χ0n) is 37.9. The minimum absolute atomic E-state index is 0.0661. The number of morpholine rings is 1. The van der Waals surface area contributed by atoms with Crippen molar-refractivity contribution < 1.29 is 52.7 Å². The summed E-state index contributed by atoms with van der Waals surface area (Å²) in [4.78, 5) is 60.6. The van der Waals surface area contributed by atoms with Gasteiger partial charge in [-0.1, -0.05) is 42.3 Å². The number of carbonyl (C=O) groups is 4. The molecule has 3 amide bonds. The molecule has 0 aliphatic carbocycles. The van der Waals surface area contributed by atoms with Crippen molar-refractivity contribution >= 4 is 52.5 Å². The molecule has 0 saturated carbocycles. The summed E-state index contributed by atoms with van der Waals surface area (Å²) in [6.07, 6.45) is 0.756. The van der Waals surface area contributed by atoms with Crippen molar-refractivity contribution in [3.8, 4) is 5.75 Å². The van der Waals surface area contributed by atoms with E-state index in [2.05, 4.69) is 15.5 Å². The Balaban J connectivity index is 1.32. The number of ether oxygens (including phenoxy) is 6. The standard InChI is InChI=1S/C46H62ClN5O11/c1-26(2)48-32-15-14-31(23-33(32)52-16-18-60-19-17-52)42(54)50(7)29(5)43(55)62-38-24-39(53)51(8)34-21-30(22-35(58-9)40(34)47)20-27(3)12-11-13-37(59-10)46(57)25-36(61-44(56)49-46)28(4)41-45(38,6)63-41/h11-15,21-23,26,28-29,36-38,41,48,57H,16-20,24-25H2,1-10H3,(H,49,56)/b13-11+,27-12+/t28-,29+,36+,37-,38+,41+,45+,46+/m1/s1. The maximum atomic E-state index is 14.4. The zero-order chi connectivity index (χ0) is 46.0. The molecule has 2 aromatic carbocycles. The van der Waals surface area contributed by atoms with Crippen LogP contribution in [0.15, 0.2) is 54.1 Å². The molecule has 3 saturated heterocycles. The SMILES string of the molecule is COc1cc2cc(c1Cl)N(C)C(=O)C[C@H](OC(=O)[C@H](C)N(C)C(=O)c1ccc(NC(C)C)c(N3CCOCC3)c1)[C@]1(C)O[C@H]1[C@H](C)[C@@H]1C[C@@](O)(NC(=O)O1)[C@H](OC)/C=C/C=C(\C)C2. The van der Waals surface area contributed by atoms with Gasteiger partial charge in [0, 0.05) is 58.2 Å². The van der Waals surface area contributed by atoms with Crippen LogP contribution in [0.4, 0.5) is 21.9 Å². The number of allylic oxidation sites excluding steroid dienone is 3. The van der Waals surface area contributed by atoms with Crippen molar-refractivity contribution in [2.45, 2.75) is 109 Å². The van der Waals surface area contributed by atoms with Crippen molar-refractivity contribution in [3.05, 3.63) is 70.3 Å². The lowest BCUT2D eigenvalue weighted by molar-refractivity contribution is -0.158.